The normalized spacial score (nSPS) is 18.8. The third-order valence-corrected chi connectivity index (χ3v) is 13.8. The van der Waals surface area contributed by atoms with E-state index in [-0.39, 0.29) is 28.6 Å². The molecule has 3 saturated carbocycles. The van der Waals surface area contributed by atoms with Gasteiger partial charge in [0.05, 0.1) is 10.8 Å². The molecule has 3 fully saturated rings. The van der Waals surface area contributed by atoms with E-state index in [0.717, 1.165) is 106 Å². The van der Waals surface area contributed by atoms with Gasteiger partial charge in [0, 0.05) is 61.7 Å². The molecule has 0 bridgehead atoms. The Morgan fingerprint density at radius 3 is 1.59 bits per heavy atom. The Balaban J connectivity index is 1.01. The largest absolute Gasteiger partial charge is 0.355 e. The number of pyridine rings is 2. The summed E-state index contributed by atoms with van der Waals surface area (Å²) in [6.07, 6.45) is 22.8. The third kappa shape index (κ3) is 11.6. The molecule has 0 aliphatic heterocycles. The highest BCUT2D eigenvalue weighted by Crippen LogP contribution is 2.41. The first kappa shape index (κ1) is 43.5. The second-order valence-corrected chi connectivity index (χ2v) is 19.4. The number of benzene rings is 1. The van der Waals surface area contributed by atoms with Crippen LogP contribution in [0.15, 0.2) is 60.9 Å². The molecule has 58 heavy (non-hydrogen) atoms. The van der Waals surface area contributed by atoms with Crippen molar-refractivity contribution in [3.63, 3.8) is 0 Å². The van der Waals surface area contributed by atoms with E-state index < -0.39 is 10.8 Å². The number of nitrogens with zero attached hydrogens (tertiary/aromatic N) is 2. The molecule has 314 valence electrons. The van der Waals surface area contributed by atoms with Crippen molar-refractivity contribution in [1.82, 2.24) is 25.9 Å². The van der Waals surface area contributed by atoms with E-state index in [0.29, 0.717) is 45.3 Å². The second-order valence-electron chi connectivity index (χ2n) is 19.4. The van der Waals surface area contributed by atoms with Gasteiger partial charge in [-0.05, 0) is 110 Å². The summed E-state index contributed by atoms with van der Waals surface area (Å²) >= 11 is 0. The Bertz CT molecular complexity index is 1810. The van der Waals surface area contributed by atoms with Gasteiger partial charge in [-0.25, -0.2) is 0 Å². The summed E-state index contributed by atoms with van der Waals surface area (Å²) in [5, 5.41) is 9.85. The van der Waals surface area contributed by atoms with Gasteiger partial charge in [0.2, 0.25) is 17.7 Å². The SMILES string of the molecule is CC1(C(=O)NCCc2cc(CC3(C(=O)NCCc4ccnc(CC5(C(=O)NCCc6ccc(C(C)(C)C)cc6)CCCCC5)c4)CCCCC3)ccn2)CCCCC1. The van der Waals surface area contributed by atoms with Crippen LogP contribution in [0, 0.1) is 16.2 Å². The lowest BCUT2D eigenvalue weighted by molar-refractivity contribution is -0.133. The van der Waals surface area contributed by atoms with E-state index in [4.69, 9.17) is 4.98 Å². The Hall–Kier alpha value is -4.07. The first-order valence-electron chi connectivity index (χ1n) is 22.7. The lowest BCUT2D eigenvalue weighted by atomic mass is 9.69. The molecule has 3 N–H and O–H groups in total. The minimum Gasteiger partial charge on any atom is -0.355 e. The molecule has 3 aliphatic rings. The van der Waals surface area contributed by atoms with Gasteiger partial charge in [0.1, 0.15) is 0 Å². The maximum absolute atomic E-state index is 14.1. The molecule has 6 rings (SSSR count). The molecule has 1 aromatic carbocycles. The van der Waals surface area contributed by atoms with E-state index in [1.807, 2.05) is 18.5 Å². The van der Waals surface area contributed by atoms with Crippen molar-refractivity contribution in [2.75, 3.05) is 19.6 Å². The van der Waals surface area contributed by atoms with Gasteiger partial charge in [-0.1, -0.05) is 110 Å². The van der Waals surface area contributed by atoms with Gasteiger partial charge < -0.3 is 16.0 Å². The highest BCUT2D eigenvalue weighted by molar-refractivity contribution is 5.84. The molecular formula is C50H71N5O3. The molecule has 0 radical (unpaired) electrons. The van der Waals surface area contributed by atoms with Crippen LogP contribution >= 0.6 is 0 Å². The van der Waals surface area contributed by atoms with Crippen molar-refractivity contribution in [3.05, 3.63) is 94.6 Å². The minimum absolute atomic E-state index is 0.125. The molecule has 3 amide bonds. The van der Waals surface area contributed by atoms with Crippen LogP contribution in [0.25, 0.3) is 0 Å². The average Bonchev–Trinajstić information content (AvgIpc) is 3.22. The predicted octanol–water partition coefficient (Wildman–Crippen LogP) is 9.11. The fraction of sp³-hybridized carbons (Fsp3) is 0.620. The summed E-state index contributed by atoms with van der Waals surface area (Å²) in [6, 6.07) is 17.2. The van der Waals surface area contributed by atoms with Gasteiger partial charge in [0.15, 0.2) is 0 Å². The summed E-state index contributed by atoms with van der Waals surface area (Å²) in [5.41, 5.74) is 5.77. The number of rotatable bonds is 16. The zero-order valence-corrected chi connectivity index (χ0v) is 36.2. The average molecular weight is 790 g/mol. The topological polar surface area (TPSA) is 113 Å². The summed E-state index contributed by atoms with van der Waals surface area (Å²) < 4.78 is 0. The summed E-state index contributed by atoms with van der Waals surface area (Å²) in [5.74, 6) is 0.480. The number of hydrogen-bond donors (Lipinski definition) is 3. The van der Waals surface area contributed by atoms with Crippen LogP contribution < -0.4 is 16.0 Å². The Morgan fingerprint density at radius 2 is 1.00 bits per heavy atom. The van der Waals surface area contributed by atoms with E-state index in [1.54, 1.807) is 0 Å². The molecule has 8 heteroatoms. The molecule has 0 spiro atoms. The molecule has 0 unspecified atom stereocenters. The standard InChI is InChI=1S/C50H71N5O3/c1-47(2,3)41-16-14-38(15-17-41)18-31-54-46(58)50(27-12-7-13-28-50)37-43-34-39(19-29-52-43)20-32-55-45(57)49(25-10-6-11-26-49)36-40-21-30-51-42(35-40)22-33-53-44(56)48(4)23-8-5-9-24-48/h14-17,19,21,29-30,34-35H,5-13,18,20,22-28,31-33,36-37H2,1-4H3,(H,53,56)(H,54,58)(H,55,57). The van der Waals surface area contributed by atoms with Crippen LogP contribution in [-0.2, 0) is 51.9 Å². The van der Waals surface area contributed by atoms with Crippen LogP contribution in [0.2, 0.25) is 0 Å². The molecule has 0 atom stereocenters. The van der Waals surface area contributed by atoms with Gasteiger partial charge in [-0.2, -0.15) is 0 Å². The quantitative estimate of drug-likeness (QED) is 0.134. The first-order valence-corrected chi connectivity index (χ1v) is 22.7. The van der Waals surface area contributed by atoms with E-state index in [1.165, 1.54) is 30.4 Å². The first-order chi connectivity index (χ1) is 27.9. The van der Waals surface area contributed by atoms with Crippen LogP contribution in [-0.4, -0.2) is 47.3 Å². The van der Waals surface area contributed by atoms with E-state index in [2.05, 4.69) is 91.1 Å². The Kier molecular flexibility index (Phi) is 14.8. The number of nitrogens with one attached hydrogen (secondary N) is 3. The predicted molar refractivity (Wildman–Crippen MR) is 233 cm³/mol. The van der Waals surface area contributed by atoms with Gasteiger partial charge in [0.25, 0.3) is 0 Å². The Morgan fingerprint density at radius 1 is 0.534 bits per heavy atom. The fourth-order valence-corrected chi connectivity index (χ4v) is 9.98. The number of aromatic nitrogens is 2. The molecule has 8 nitrogen and oxygen atoms in total. The van der Waals surface area contributed by atoms with Crippen molar-refractivity contribution in [2.24, 2.45) is 16.2 Å². The van der Waals surface area contributed by atoms with Gasteiger partial charge in [-0.15, -0.1) is 0 Å². The van der Waals surface area contributed by atoms with Crippen molar-refractivity contribution in [2.45, 2.75) is 162 Å². The lowest BCUT2D eigenvalue weighted by Crippen LogP contribution is -2.45. The molecule has 3 aromatic rings. The number of hydrogen-bond acceptors (Lipinski definition) is 5. The lowest BCUT2D eigenvalue weighted by Gasteiger charge is -2.36. The van der Waals surface area contributed by atoms with Crippen molar-refractivity contribution in [1.29, 1.82) is 0 Å². The highest BCUT2D eigenvalue weighted by Gasteiger charge is 2.41. The minimum atomic E-state index is -0.435. The second kappa shape index (κ2) is 19.8. The number of carbonyl (C=O) groups excluding carboxylic acids is 3. The fourth-order valence-electron chi connectivity index (χ4n) is 9.98. The van der Waals surface area contributed by atoms with Crippen LogP contribution in [0.5, 0.6) is 0 Å². The van der Waals surface area contributed by atoms with E-state index in [9.17, 15) is 14.4 Å². The van der Waals surface area contributed by atoms with Crippen molar-refractivity contribution in [3.8, 4) is 0 Å². The molecule has 0 saturated heterocycles. The maximum Gasteiger partial charge on any atom is 0.226 e. The monoisotopic (exact) mass is 790 g/mol. The zero-order valence-electron chi connectivity index (χ0n) is 36.2. The van der Waals surface area contributed by atoms with E-state index >= 15 is 0 Å². The Labute approximate surface area is 349 Å². The highest BCUT2D eigenvalue weighted by atomic mass is 16.2. The van der Waals surface area contributed by atoms with Crippen LogP contribution in [0.4, 0.5) is 0 Å². The molecular weight excluding hydrogens is 719 g/mol. The van der Waals surface area contributed by atoms with Crippen LogP contribution in [0.3, 0.4) is 0 Å². The summed E-state index contributed by atoms with van der Waals surface area (Å²) in [4.78, 5) is 50.3. The molecule has 3 aliphatic carbocycles. The van der Waals surface area contributed by atoms with Crippen LogP contribution in [0.1, 0.15) is 158 Å². The summed E-state index contributed by atoms with van der Waals surface area (Å²) in [6.45, 7) is 10.6. The smallest absolute Gasteiger partial charge is 0.226 e. The van der Waals surface area contributed by atoms with Crippen molar-refractivity contribution < 1.29 is 14.4 Å². The maximum atomic E-state index is 14.1. The third-order valence-electron chi connectivity index (χ3n) is 13.8. The number of carbonyl (C=O) groups is 3. The summed E-state index contributed by atoms with van der Waals surface area (Å²) in [7, 11) is 0. The zero-order chi connectivity index (χ0) is 41.1. The molecule has 2 aromatic heterocycles. The van der Waals surface area contributed by atoms with Crippen molar-refractivity contribution >= 4 is 17.7 Å². The number of amides is 3. The van der Waals surface area contributed by atoms with Gasteiger partial charge in [-0.3, -0.25) is 24.4 Å². The molecule has 2 heterocycles. The van der Waals surface area contributed by atoms with Gasteiger partial charge >= 0.3 is 0 Å².